The smallest absolute Gasteiger partial charge is 0.248 e. The number of benzene rings is 2. The average Bonchev–Trinajstić information content (AvgIpc) is 2.56. The molecule has 2 aromatic rings. The molecule has 2 rings (SSSR count). The summed E-state index contributed by atoms with van der Waals surface area (Å²) in [5, 5.41) is 3.50. The number of anilines is 2. The lowest BCUT2D eigenvalue weighted by Crippen LogP contribution is -2.21. The lowest BCUT2D eigenvalue weighted by molar-refractivity contribution is -0.111. The van der Waals surface area contributed by atoms with Crippen molar-refractivity contribution >= 4 is 35.0 Å². The summed E-state index contributed by atoms with van der Waals surface area (Å²) in [6.45, 7) is 6.18. The Hall–Kier alpha value is -2.26. The van der Waals surface area contributed by atoms with Crippen molar-refractivity contribution in [1.29, 1.82) is 0 Å². The van der Waals surface area contributed by atoms with E-state index in [1.54, 1.807) is 12.1 Å². The SMILES string of the molecule is CCN(CC)c1ccc(NC(=O)C=Cc2cccc(Cl)c2)cc1. The van der Waals surface area contributed by atoms with Crippen molar-refractivity contribution in [3.05, 3.63) is 65.2 Å². The van der Waals surface area contributed by atoms with Gasteiger partial charge in [-0.1, -0.05) is 23.7 Å². The first-order chi connectivity index (χ1) is 11.1. The molecule has 0 aromatic heterocycles. The van der Waals surface area contributed by atoms with Gasteiger partial charge in [-0.2, -0.15) is 0 Å². The lowest BCUT2D eigenvalue weighted by Gasteiger charge is -2.21. The topological polar surface area (TPSA) is 32.3 Å². The second-order valence-corrected chi connectivity index (χ2v) is 5.53. The molecule has 0 aliphatic carbocycles. The zero-order valence-corrected chi connectivity index (χ0v) is 14.2. The average molecular weight is 329 g/mol. The van der Waals surface area contributed by atoms with Gasteiger partial charge in [-0.25, -0.2) is 0 Å². The fourth-order valence-corrected chi connectivity index (χ4v) is 2.51. The normalized spacial score (nSPS) is 10.7. The number of hydrogen-bond acceptors (Lipinski definition) is 2. The number of nitrogens with one attached hydrogen (secondary N) is 1. The van der Waals surface area contributed by atoms with E-state index in [1.807, 2.05) is 42.5 Å². The van der Waals surface area contributed by atoms with Crippen molar-refractivity contribution in [1.82, 2.24) is 0 Å². The van der Waals surface area contributed by atoms with Gasteiger partial charge in [0.05, 0.1) is 0 Å². The Balaban J connectivity index is 1.97. The highest BCUT2D eigenvalue weighted by atomic mass is 35.5. The Morgan fingerprint density at radius 2 is 1.83 bits per heavy atom. The minimum Gasteiger partial charge on any atom is -0.372 e. The first-order valence-corrected chi connectivity index (χ1v) is 8.09. The van der Waals surface area contributed by atoms with Crippen LogP contribution in [0.25, 0.3) is 6.08 Å². The Kier molecular flexibility index (Phi) is 6.24. The van der Waals surface area contributed by atoms with Gasteiger partial charge in [0.15, 0.2) is 0 Å². The molecule has 120 valence electrons. The van der Waals surface area contributed by atoms with Gasteiger partial charge in [-0.3, -0.25) is 4.79 Å². The van der Waals surface area contributed by atoms with Gasteiger partial charge in [-0.15, -0.1) is 0 Å². The summed E-state index contributed by atoms with van der Waals surface area (Å²) in [6, 6.07) is 15.2. The zero-order chi connectivity index (χ0) is 16.7. The van der Waals surface area contributed by atoms with E-state index >= 15 is 0 Å². The highest BCUT2D eigenvalue weighted by molar-refractivity contribution is 6.30. The van der Waals surface area contributed by atoms with Crippen LogP contribution in [0.2, 0.25) is 5.02 Å². The Labute approximate surface area is 142 Å². The van der Waals surface area contributed by atoms with Crippen LogP contribution in [-0.4, -0.2) is 19.0 Å². The van der Waals surface area contributed by atoms with Crippen LogP contribution in [-0.2, 0) is 4.79 Å². The van der Waals surface area contributed by atoms with Crippen molar-refractivity contribution in [3.8, 4) is 0 Å². The molecule has 0 fully saturated rings. The van der Waals surface area contributed by atoms with Gasteiger partial charge >= 0.3 is 0 Å². The third-order valence-electron chi connectivity index (χ3n) is 3.54. The molecule has 4 heteroatoms. The van der Waals surface area contributed by atoms with E-state index in [2.05, 4.69) is 24.1 Å². The van der Waals surface area contributed by atoms with E-state index in [0.29, 0.717) is 5.02 Å². The largest absolute Gasteiger partial charge is 0.372 e. The third-order valence-corrected chi connectivity index (χ3v) is 3.77. The molecule has 0 saturated heterocycles. The van der Waals surface area contributed by atoms with Gasteiger partial charge < -0.3 is 10.2 Å². The van der Waals surface area contributed by atoms with E-state index in [4.69, 9.17) is 11.6 Å². The van der Waals surface area contributed by atoms with Crippen molar-refractivity contribution in [2.24, 2.45) is 0 Å². The third kappa shape index (κ3) is 5.15. The van der Waals surface area contributed by atoms with Crippen LogP contribution >= 0.6 is 11.6 Å². The highest BCUT2D eigenvalue weighted by Crippen LogP contribution is 2.18. The summed E-state index contributed by atoms with van der Waals surface area (Å²) in [5.41, 5.74) is 2.83. The summed E-state index contributed by atoms with van der Waals surface area (Å²) in [7, 11) is 0. The van der Waals surface area contributed by atoms with Gasteiger partial charge in [0, 0.05) is 35.6 Å². The van der Waals surface area contributed by atoms with Crippen molar-refractivity contribution in [2.75, 3.05) is 23.3 Å². The van der Waals surface area contributed by atoms with Gasteiger partial charge in [0.25, 0.3) is 0 Å². The lowest BCUT2D eigenvalue weighted by atomic mass is 10.2. The maximum Gasteiger partial charge on any atom is 0.248 e. The van der Waals surface area contributed by atoms with Crippen molar-refractivity contribution in [2.45, 2.75) is 13.8 Å². The minimum absolute atomic E-state index is 0.166. The second kappa shape index (κ2) is 8.39. The molecule has 0 heterocycles. The number of hydrogen-bond donors (Lipinski definition) is 1. The van der Waals surface area contributed by atoms with Gasteiger partial charge in [-0.05, 0) is 61.9 Å². The number of halogens is 1. The second-order valence-electron chi connectivity index (χ2n) is 5.10. The summed E-state index contributed by atoms with van der Waals surface area (Å²) < 4.78 is 0. The van der Waals surface area contributed by atoms with Crippen molar-refractivity contribution < 1.29 is 4.79 Å². The van der Waals surface area contributed by atoms with Crippen LogP contribution in [0, 0.1) is 0 Å². The summed E-state index contributed by atoms with van der Waals surface area (Å²) >= 11 is 5.92. The van der Waals surface area contributed by atoms with Gasteiger partial charge in [0.2, 0.25) is 5.91 Å². The molecule has 2 aromatic carbocycles. The molecule has 0 spiro atoms. The molecular weight excluding hydrogens is 308 g/mol. The fourth-order valence-electron chi connectivity index (χ4n) is 2.31. The number of carbonyl (C=O) groups is 1. The summed E-state index contributed by atoms with van der Waals surface area (Å²) in [5.74, 6) is -0.166. The molecule has 0 unspecified atom stereocenters. The van der Waals surface area contributed by atoms with Gasteiger partial charge in [0.1, 0.15) is 0 Å². The Bertz CT molecular complexity index is 676. The maximum absolute atomic E-state index is 12.0. The number of carbonyl (C=O) groups excluding carboxylic acids is 1. The highest BCUT2D eigenvalue weighted by Gasteiger charge is 2.02. The summed E-state index contributed by atoms with van der Waals surface area (Å²) in [6.07, 6.45) is 3.25. The van der Waals surface area contributed by atoms with Crippen LogP contribution in [0.4, 0.5) is 11.4 Å². The first-order valence-electron chi connectivity index (χ1n) is 7.72. The summed E-state index contributed by atoms with van der Waals surface area (Å²) in [4.78, 5) is 14.2. The molecule has 0 radical (unpaired) electrons. The number of rotatable bonds is 6. The molecule has 3 nitrogen and oxygen atoms in total. The van der Waals surface area contributed by atoms with Crippen LogP contribution < -0.4 is 10.2 Å². The molecule has 1 N–H and O–H groups in total. The van der Waals surface area contributed by atoms with E-state index in [-0.39, 0.29) is 5.91 Å². The zero-order valence-electron chi connectivity index (χ0n) is 13.4. The quantitative estimate of drug-likeness (QED) is 0.770. The molecule has 23 heavy (non-hydrogen) atoms. The van der Waals surface area contributed by atoms with Crippen LogP contribution in [0.5, 0.6) is 0 Å². The minimum atomic E-state index is -0.166. The van der Waals surface area contributed by atoms with E-state index in [0.717, 1.165) is 30.0 Å². The first kappa shape index (κ1) is 17.1. The molecular formula is C19H21ClN2O. The van der Waals surface area contributed by atoms with E-state index in [9.17, 15) is 4.79 Å². The molecule has 0 atom stereocenters. The molecule has 0 saturated carbocycles. The van der Waals surface area contributed by atoms with Crippen LogP contribution in [0.3, 0.4) is 0 Å². The monoisotopic (exact) mass is 328 g/mol. The predicted molar refractivity (Wildman–Crippen MR) is 99.1 cm³/mol. The van der Waals surface area contributed by atoms with Crippen LogP contribution in [0.15, 0.2) is 54.6 Å². The Morgan fingerprint density at radius 1 is 1.13 bits per heavy atom. The molecule has 0 aliphatic heterocycles. The van der Waals surface area contributed by atoms with Crippen molar-refractivity contribution in [3.63, 3.8) is 0 Å². The fraction of sp³-hybridized carbons (Fsp3) is 0.211. The molecule has 0 bridgehead atoms. The molecule has 0 aliphatic rings. The Morgan fingerprint density at radius 3 is 2.43 bits per heavy atom. The predicted octanol–water partition coefficient (Wildman–Crippen LogP) is 4.84. The van der Waals surface area contributed by atoms with Crippen LogP contribution in [0.1, 0.15) is 19.4 Å². The van der Waals surface area contributed by atoms with E-state index in [1.165, 1.54) is 6.08 Å². The molecule has 1 amide bonds. The maximum atomic E-state index is 12.0. The van der Waals surface area contributed by atoms with E-state index < -0.39 is 0 Å². The number of amides is 1. The number of nitrogens with zero attached hydrogens (tertiary/aromatic N) is 1. The standard InChI is InChI=1S/C19H21ClN2O/c1-3-22(4-2)18-11-9-17(10-12-18)21-19(23)13-8-15-6-5-7-16(20)14-15/h5-14H,3-4H2,1-2H3,(H,21,23).